The van der Waals surface area contributed by atoms with E-state index < -0.39 is 0 Å². The molecule has 18 heavy (non-hydrogen) atoms. The van der Waals surface area contributed by atoms with Crippen molar-refractivity contribution in [1.29, 1.82) is 0 Å². The van der Waals surface area contributed by atoms with E-state index in [1.807, 2.05) is 17.8 Å². The lowest BCUT2D eigenvalue weighted by Gasteiger charge is -2.09. The molecule has 1 heterocycles. The van der Waals surface area contributed by atoms with Gasteiger partial charge in [0, 0.05) is 17.1 Å². The van der Waals surface area contributed by atoms with Gasteiger partial charge in [0.25, 0.3) is 0 Å². The molecule has 1 aromatic carbocycles. The van der Waals surface area contributed by atoms with Gasteiger partial charge in [-0.05, 0) is 18.1 Å². The van der Waals surface area contributed by atoms with E-state index in [1.54, 1.807) is 0 Å². The fraction of sp³-hybridized carbons (Fsp3) is 0.562. The van der Waals surface area contributed by atoms with Crippen molar-refractivity contribution >= 4 is 17.5 Å². The van der Waals surface area contributed by atoms with E-state index in [-0.39, 0.29) is 5.92 Å². The molecule has 1 aliphatic rings. The molecule has 0 fully saturated rings. The molecular weight excluding hydrogens is 240 g/mol. The number of thioether (sulfide) groups is 1. The van der Waals surface area contributed by atoms with Gasteiger partial charge < -0.3 is 0 Å². The molecule has 0 amide bonds. The van der Waals surface area contributed by atoms with Crippen LogP contribution in [0, 0.1) is 0 Å². The van der Waals surface area contributed by atoms with Crippen LogP contribution in [-0.4, -0.2) is 11.5 Å². The Bertz CT molecular complexity index is 400. The summed E-state index contributed by atoms with van der Waals surface area (Å²) in [5, 5.41) is 0. The molecule has 98 valence electrons. The van der Waals surface area contributed by atoms with Gasteiger partial charge >= 0.3 is 0 Å². The van der Waals surface area contributed by atoms with Gasteiger partial charge in [0.15, 0.2) is 0 Å². The maximum Gasteiger partial charge on any atom is 0.141 e. The van der Waals surface area contributed by atoms with Crippen molar-refractivity contribution in [2.45, 2.75) is 56.3 Å². The highest BCUT2D eigenvalue weighted by Gasteiger charge is 2.27. The summed E-state index contributed by atoms with van der Waals surface area (Å²) in [6.45, 7) is 2.22. The van der Waals surface area contributed by atoms with Crippen molar-refractivity contribution in [2.24, 2.45) is 0 Å². The topological polar surface area (TPSA) is 17.1 Å². The van der Waals surface area contributed by atoms with Crippen LogP contribution in [-0.2, 0) is 4.79 Å². The molecule has 1 atom stereocenters. The van der Waals surface area contributed by atoms with Crippen LogP contribution in [0.15, 0.2) is 29.2 Å². The minimum atomic E-state index is 0.164. The summed E-state index contributed by atoms with van der Waals surface area (Å²) in [6.07, 6.45) is 6.89. The zero-order valence-electron chi connectivity index (χ0n) is 11.2. The van der Waals surface area contributed by atoms with E-state index >= 15 is 0 Å². The largest absolute Gasteiger partial charge is 0.299 e. The maximum atomic E-state index is 12.2. The number of carbonyl (C=O) groups is 1. The number of hydrogen-bond acceptors (Lipinski definition) is 2. The molecule has 1 aromatic rings. The fourth-order valence-electron chi connectivity index (χ4n) is 2.51. The van der Waals surface area contributed by atoms with E-state index in [0.29, 0.717) is 5.78 Å². The van der Waals surface area contributed by atoms with Crippen LogP contribution in [0.25, 0.3) is 0 Å². The second-order valence-electron chi connectivity index (χ2n) is 5.03. The Hall–Kier alpha value is -0.760. The first-order valence-electron chi connectivity index (χ1n) is 7.07. The van der Waals surface area contributed by atoms with Crippen LogP contribution < -0.4 is 0 Å². The summed E-state index contributed by atoms with van der Waals surface area (Å²) >= 11 is 1.83. The third-order valence-electron chi connectivity index (χ3n) is 3.62. The average Bonchev–Trinajstić information content (AvgIpc) is 2.82. The minimum Gasteiger partial charge on any atom is -0.299 e. The lowest BCUT2D eigenvalue weighted by molar-refractivity contribution is -0.120. The molecule has 2 rings (SSSR count). The summed E-state index contributed by atoms with van der Waals surface area (Å²) in [6, 6.07) is 8.36. The highest BCUT2D eigenvalue weighted by atomic mass is 32.2. The van der Waals surface area contributed by atoms with E-state index in [4.69, 9.17) is 0 Å². The number of unbranched alkanes of at least 4 members (excludes halogenated alkanes) is 4. The average molecular weight is 262 g/mol. The lowest BCUT2D eigenvalue weighted by atomic mass is 9.93. The summed E-state index contributed by atoms with van der Waals surface area (Å²) < 4.78 is 0. The highest BCUT2D eigenvalue weighted by Crippen LogP contribution is 2.40. The predicted octanol–water partition coefficient (Wildman–Crippen LogP) is 4.81. The third-order valence-corrected chi connectivity index (χ3v) is 4.80. The molecule has 0 spiro atoms. The van der Waals surface area contributed by atoms with Gasteiger partial charge in [-0.15, -0.1) is 11.8 Å². The van der Waals surface area contributed by atoms with E-state index in [2.05, 4.69) is 25.1 Å². The molecule has 1 aliphatic heterocycles. The Morgan fingerprint density at radius 1 is 1.22 bits per heavy atom. The van der Waals surface area contributed by atoms with Crippen LogP contribution in [0.3, 0.4) is 0 Å². The van der Waals surface area contributed by atoms with Gasteiger partial charge in [0.05, 0.1) is 5.92 Å². The molecule has 0 N–H and O–H groups in total. The van der Waals surface area contributed by atoms with Crippen molar-refractivity contribution in [1.82, 2.24) is 0 Å². The van der Waals surface area contributed by atoms with Gasteiger partial charge in [0.1, 0.15) is 5.78 Å². The quantitative estimate of drug-likeness (QED) is 0.656. The number of hydrogen-bond donors (Lipinski definition) is 0. The zero-order valence-corrected chi connectivity index (χ0v) is 12.0. The molecule has 0 radical (unpaired) electrons. The van der Waals surface area contributed by atoms with Gasteiger partial charge in [-0.25, -0.2) is 0 Å². The summed E-state index contributed by atoms with van der Waals surface area (Å²) in [4.78, 5) is 13.5. The van der Waals surface area contributed by atoms with E-state index in [9.17, 15) is 4.79 Å². The number of Topliss-reactive ketones (excluding diaryl/α,β-unsaturated/α-hetero) is 1. The number of carbonyl (C=O) groups excluding carboxylic acids is 1. The first-order chi connectivity index (χ1) is 8.83. The van der Waals surface area contributed by atoms with Crippen LogP contribution in [0.2, 0.25) is 0 Å². The highest BCUT2D eigenvalue weighted by molar-refractivity contribution is 7.99. The van der Waals surface area contributed by atoms with E-state index in [0.717, 1.165) is 18.6 Å². The van der Waals surface area contributed by atoms with Crippen molar-refractivity contribution in [3.8, 4) is 0 Å². The van der Waals surface area contributed by atoms with Crippen molar-refractivity contribution < 1.29 is 4.79 Å². The molecule has 0 aliphatic carbocycles. The smallest absolute Gasteiger partial charge is 0.141 e. The lowest BCUT2D eigenvalue weighted by Crippen LogP contribution is -2.11. The van der Waals surface area contributed by atoms with Gasteiger partial charge in [0.2, 0.25) is 0 Å². The molecular formula is C16H22OS. The molecule has 0 bridgehead atoms. The number of benzene rings is 1. The van der Waals surface area contributed by atoms with Crippen molar-refractivity contribution in [3.63, 3.8) is 0 Å². The first kappa shape index (κ1) is 13.7. The Morgan fingerprint density at radius 3 is 2.83 bits per heavy atom. The van der Waals surface area contributed by atoms with Gasteiger partial charge in [-0.1, -0.05) is 50.8 Å². The van der Waals surface area contributed by atoms with Gasteiger partial charge in [-0.3, -0.25) is 4.79 Å². The Morgan fingerprint density at radius 2 is 2.00 bits per heavy atom. The van der Waals surface area contributed by atoms with Crippen LogP contribution in [0.5, 0.6) is 0 Å². The maximum absolute atomic E-state index is 12.2. The molecule has 0 saturated heterocycles. The third kappa shape index (κ3) is 3.38. The van der Waals surface area contributed by atoms with Crippen molar-refractivity contribution in [2.75, 3.05) is 5.75 Å². The van der Waals surface area contributed by atoms with E-state index in [1.165, 1.54) is 36.1 Å². The second kappa shape index (κ2) is 6.98. The van der Waals surface area contributed by atoms with Crippen LogP contribution in [0.4, 0.5) is 0 Å². The molecule has 0 saturated carbocycles. The fourth-order valence-corrected chi connectivity index (χ4v) is 3.77. The Labute approximate surface area is 114 Å². The predicted molar refractivity (Wildman–Crippen MR) is 78.3 cm³/mol. The summed E-state index contributed by atoms with van der Waals surface area (Å²) in [5.41, 5.74) is 1.26. The monoisotopic (exact) mass is 262 g/mol. The summed E-state index contributed by atoms with van der Waals surface area (Å²) in [5.74, 6) is 1.56. The molecule has 1 nitrogen and oxygen atoms in total. The number of rotatable bonds is 7. The zero-order chi connectivity index (χ0) is 12.8. The summed E-state index contributed by atoms with van der Waals surface area (Å²) in [7, 11) is 0. The molecule has 2 heteroatoms. The number of ketones is 1. The minimum absolute atomic E-state index is 0.164. The number of fused-ring (bicyclic) bond motifs is 1. The van der Waals surface area contributed by atoms with Crippen LogP contribution in [0.1, 0.15) is 56.9 Å². The standard InChI is InChI=1S/C16H22OS/c1-2-3-4-5-6-10-15(17)14-12-18-16-11-8-7-9-13(14)16/h7-9,11,14H,2-6,10,12H2,1H3. The van der Waals surface area contributed by atoms with Crippen LogP contribution >= 0.6 is 11.8 Å². The SMILES string of the molecule is CCCCCCCC(=O)C1CSc2ccccc21. The van der Waals surface area contributed by atoms with Crippen molar-refractivity contribution in [3.05, 3.63) is 29.8 Å². The molecule has 0 aromatic heterocycles. The first-order valence-corrected chi connectivity index (χ1v) is 8.06. The normalized spacial score (nSPS) is 17.7. The Kier molecular flexibility index (Phi) is 5.30. The van der Waals surface area contributed by atoms with Gasteiger partial charge in [-0.2, -0.15) is 0 Å². The second-order valence-corrected chi connectivity index (χ2v) is 6.09. The molecule has 1 unspecified atom stereocenters. The Balaban J connectivity index is 1.80.